The van der Waals surface area contributed by atoms with E-state index in [9.17, 15) is 9.18 Å². The highest BCUT2D eigenvalue weighted by Crippen LogP contribution is 2.68. The van der Waals surface area contributed by atoms with Crippen LogP contribution in [0.2, 0.25) is 5.82 Å². The summed E-state index contributed by atoms with van der Waals surface area (Å²) < 4.78 is 42.9. The van der Waals surface area contributed by atoms with Crippen molar-refractivity contribution in [3.8, 4) is 11.5 Å². The van der Waals surface area contributed by atoms with Gasteiger partial charge in [-0.3, -0.25) is 0 Å². The van der Waals surface area contributed by atoms with Gasteiger partial charge in [-0.1, -0.05) is 19.9 Å². The molecule has 1 saturated heterocycles. The van der Waals surface area contributed by atoms with Gasteiger partial charge in [0.05, 0.1) is 11.7 Å². The fourth-order valence-electron chi connectivity index (χ4n) is 6.94. The lowest BCUT2D eigenvalue weighted by Crippen LogP contribution is -2.65. The summed E-state index contributed by atoms with van der Waals surface area (Å²) in [5.74, 6) is 0.771. The number of benzene rings is 1. The molecule has 0 N–H and O–H groups in total. The minimum atomic E-state index is -1.09. The second-order valence-corrected chi connectivity index (χ2v) is 11.6. The lowest BCUT2D eigenvalue weighted by molar-refractivity contribution is -0.199. The second-order valence-electron chi connectivity index (χ2n) is 11.6. The maximum Gasteiger partial charge on any atom is 0.461 e. The van der Waals surface area contributed by atoms with Crippen LogP contribution in [0.25, 0.3) is 0 Å². The number of esters is 1. The van der Waals surface area contributed by atoms with E-state index in [2.05, 4.69) is 20.8 Å². The van der Waals surface area contributed by atoms with E-state index < -0.39 is 18.4 Å². The van der Waals surface area contributed by atoms with Crippen LogP contribution in [0.5, 0.6) is 11.5 Å². The molecule has 0 radical (unpaired) electrons. The first-order valence-electron chi connectivity index (χ1n) is 12.2. The zero-order valence-corrected chi connectivity index (χ0v) is 20.0. The molecule has 7 rings (SSSR count). The molecule has 33 heavy (non-hydrogen) atoms. The number of hydrogen-bond donors (Lipinski definition) is 0. The Kier molecular flexibility index (Phi) is 4.53. The van der Waals surface area contributed by atoms with Crippen molar-refractivity contribution in [2.45, 2.75) is 83.1 Å². The van der Waals surface area contributed by atoms with Crippen LogP contribution < -0.4 is 9.47 Å². The number of halogens is 1. The molecule has 5 fully saturated rings. The number of carbonyl (C=O) groups is 1. The van der Waals surface area contributed by atoms with Crippen LogP contribution >= 0.6 is 0 Å². The van der Waals surface area contributed by atoms with Gasteiger partial charge in [0.2, 0.25) is 5.79 Å². The average Bonchev–Trinajstić information content (AvgIpc) is 3.43. The largest absolute Gasteiger partial charge is 0.490 e. The van der Waals surface area contributed by atoms with Crippen molar-refractivity contribution < 1.29 is 32.7 Å². The summed E-state index contributed by atoms with van der Waals surface area (Å²) in [6.07, 6.45) is 3.34. The summed E-state index contributed by atoms with van der Waals surface area (Å²) in [6, 6.07) is 3.65. The van der Waals surface area contributed by atoms with Crippen molar-refractivity contribution in [3.63, 3.8) is 0 Å². The molecule has 6 nitrogen and oxygen atoms in total. The molecule has 2 aliphatic heterocycles. The van der Waals surface area contributed by atoms with E-state index in [1.54, 1.807) is 19.9 Å². The van der Waals surface area contributed by atoms with Gasteiger partial charge in [-0.2, -0.15) is 0 Å². The number of rotatable bonds is 5. The SMILES string of the molecule is CC1(C)OC(=O)c2c(OCCF)ccc(C3CC3B3OC4CC5C[C@@H](C5(C)C)[C@]4(C)O3)c2O1. The molecule has 0 aromatic heterocycles. The van der Waals surface area contributed by atoms with E-state index in [0.717, 1.165) is 18.4 Å². The molecule has 6 aliphatic rings. The molecule has 0 spiro atoms. The monoisotopic (exact) mass is 458 g/mol. The zero-order chi connectivity index (χ0) is 23.3. The number of alkyl halides is 1. The molecule has 2 bridgehead atoms. The first-order chi connectivity index (χ1) is 15.5. The third kappa shape index (κ3) is 3.09. The Morgan fingerprint density at radius 3 is 2.64 bits per heavy atom. The fourth-order valence-corrected chi connectivity index (χ4v) is 6.94. The Morgan fingerprint density at radius 1 is 1.12 bits per heavy atom. The van der Waals surface area contributed by atoms with E-state index in [-0.39, 0.29) is 48.5 Å². The number of fused-ring (bicyclic) bond motifs is 1. The molecule has 4 saturated carbocycles. The highest BCUT2D eigenvalue weighted by atomic mass is 19.1. The van der Waals surface area contributed by atoms with Crippen LogP contribution in [0, 0.1) is 17.3 Å². The highest BCUT2D eigenvalue weighted by molar-refractivity contribution is 6.49. The van der Waals surface area contributed by atoms with Gasteiger partial charge in [-0.05, 0) is 61.0 Å². The number of cyclic esters (lactones) is 1. The lowest BCUT2D eigenvalue weighted by atomic mass is 9.43. The van der Waals surface area contributed by atoms with Gasteiger partial charge in [0.25, 0.3) is 0 Å². The molecule has 1 aromatic carbocycles. The topological polar surface area (TPSA) is 63.2 Å². The van der Waals surface area contributed by atoms with Crippen molar-refractivity contribution in [1.29, 1.82) is 0 Å². The van der Waals surface area contributed by atoms with E-state index in [0.29, 0.717) is 23.0 Å². The molecule has 8 heteroatoms. The zero-order valence-electron chi connectivity index (χ0n) is 20.0. The number of hydrogen-bond acceptors (Lipinski definition) is 6. The predicted octanol–water partition coefficient (Wildman–Crippen LogP) is 4.91. The van der Waals surface area contributed by atoms with Crippen molar-refractivity contribution in [3.05, 3.63) is 23.3 Å². The predicted molar refractivity (Wildman–Crippen MR) is 119 cm³/mol. The number of carbonyl (C=O) groups excluding carboxylic acids is 1. The minimum absolute atomic E-state index is 0.128. The summed E-state index contributed by atoms with van der Waals surface area (Å²) in [5, 5.41) is 0. The van der Waals surface area contributed by atoms with Crippen molar-refractivity contribution in [1.82, 2.24) is 0 Å². The van der Waals surface area contributed by atoms with Crippen LogP contribution in [-0.4, -0.2) is 43.9 Å². The molecule has 6 atom stereocenters. The highest BCUT2D eigenvalue weighted by Gasteiger charge is 2.70. The molecule has 1 aromatic rings. The van der Waals surface area contributed by atoms with Gasteiger partial charge in [-0.25, -0.2) is 9.18 Å². The van der Waals surface area contributed by atoms with Crippen LogP contribution in [0.4, 0.5) is 4.39 Å². The Hall–Kier alpha value is -1.80. The Balaban J connectivity index is 1.27. The quantitative estimate of drug-likeness (QED) is 0.462. The van der Waals surface area contributed by atoms with Crippen molar-refractivity contribution in [2.24, 2.45) is 17.3 Å². The van der Waals surface area contributed by atoms with Crippen molar-refractivity contribution in [2.75, 3.05) is 13.3 Å². The summed E-state index contributed by atoms with van der Waals surface area (Å²) in [4.78, 5) is 12.8. The number of ether oxygens (including phenoxy) is 3. The fraction of sp³-hybridized carbons (Fsp3) is 0.720. The Labute approximate surface area is 194 Å². The summed E-state index contributed by atoms with van der Waals surface area (Å²) in [6.45, 7) is 9.60. The maximum atomic E-state index is 12.8. The normalized spacial score (nSPS) is 39.0. The molecule has 178 valence electrons. The summed E-state index contributed by atoms with van der Waals surface area (Å²) >= 11 is 0. The van der Waals surface area contributed by atoms with Crippen LogP contribution in [0.15, 0.2) is 12.1 Å². The van der Waals surface area contributed by atoms with Gasteiger partial charge in [0.1, 0.15) is 30.3 Å². The van der Waals surface area contributed by atoms with Crippen LogP contribution in [0.1, 0.15) is 75.7 Å². The second kappa shape index (κ2) is 6.88. The van der Waals surface area contributed by atoms with Gasteiger partial charge in [0.15, 0.2) is 0 Å². The van der Waals surface area contributed by atoms with Gasteiger partial charge < -0.3 is 23.5 Å². The van der Waals surface area contributed by atoms with E-state index in [4.69, 9.17) is 23.5 Å². The van der Waals surface area contributed by atoms with E-state index in [1.807, 2.05) is 6.07 Å². The molecule has 0 amide bonds. The maximum absolute atomic E-state index is 12.8. The Morgan fingerprint density at radius 2 is 1.91 bits per heavy atom. The van der Waals surface area contributed by atoms with Crippen LogP contribution in [-0.2, 0) is 14.0 Å². The van der Waals surface area contributed by atoms with E-state index >= 15 is 0 Å². The van der Waals surface area contributed by atoms with Gasteiger partial charge >= 0.3 is 13.1 Å². The molecule has 4 aliphatic carbocycles. The average molecular weight is 458 g/mol. The third-order valence-corrected chi connectivity index (χ3v) is 8.93. The molecule has 4 unspecified atom stereocenters. The first kappa shape index (κ1) is 21.7. The van der Waals surface area contributed by atoms with Gasteiger partial charge in [-0.15, -0.1) is 0 Å². The third-order valence-electron chi connectivity index (χ3n) is 8.93. The van der Waals surface area contributed by atoms with Gasteiger partial charge in [0, 0.05) is 19.7 Å². The minimum Gasteiger partial charge on any atom is -0.490 e. The lowest BCUT2D eigenvalue weighted by Gasteiger charge is -2.64. The molecular weight excluding hydrogens is 426 g/mol. The standard InChI is InChI=1S/C25H32BFO6/c1-23(2)13-10-18(23)25(5)19(11-13)32-26(33-25)16-12-15(16)14-6-7-17(29-9-8-27)20-21(14)30-24(3,4)31-22(20)28/h6-7,13,15-16,18-19H,8-12H2,1-5H3/t13?,15?,16?,18-,19?,25-/m0/s1. The van der Waals surface area contributed by atoms with E-state index in [1.165, 1.54) is 6.42 Å². The summed E-state index contributed by atoms with van der Waals surface area (Å²) in [7, 11) is -0.248. The van der Waals surface area contributed by atoms with Crippen molar-refractivity contribution >= 4 is 13.1 Å². The molecular formula is C25H32BFO6. The first-order valence-corrected chi connectivity index (χ1v) is 12.2. The van der Waals surface area contributed by atoms with Crippen LogP contribution in [0.3, 0.4) is 0 Å². The smallest absolute Gasteiger partial charge is 0.461 e. The Bertz CT molecular complexity index is 1010. The molecule has 2 heterocycles. The summed E-state index contributed by atoms with van der Waals surface area (Å²) in [5.41, 5.74) is 1.24.